The molecule has 0 fully saturated rings. The third kappa shape index (κ3) is 3.25. The normalized spacial score (nSPS) is 13.2. The first-order chi connectivity index (χ1) is 14.2. The van der Waals surface area contributed by atoms with Crippen molar-refractivity contribution in [1.29, 1.82) is 0 Å². The minimum absolute atomic E-state index is 0.00345. The first-order valence-corrected chi connectivity index (χ1v) is 9.91. The molecule has 0 saturated carbocycles. The highest BCUT2D eigenvalue weighted by Gasteiger charge is 2.16. The summed E-state index contributed by atoms with van der Waals surface area (Å²) in [5.74, 6) is -0.177. The number of nitrogens with one attached hydrogen (secondary N) is 2. The second kappa shape index (κ2) is 7.09. The number of aryl methyl sites for hydroxylation is 1. The number of aromatic nitrogens is 2. The monoisotopic (exact) mass is 383 g/mol. The van der Waals surface area contributed by atoms with Crippen LogP contribution in [0, 0.1) is 0 Å². The molecule has 4 aromatic rings. The van der Waals surface area contributed by atoms with E-state index in [1.54, 1.807) is 0 Å². The number of amides is 1. The van der Waals surface area contributed by atoms with Gasteiger partial charge in [-0.25, -0.2) is 0 Å². The molecule has 5 nitrogen and oxygen atoms in total. The minimum Gasteiger partial charge on any atom is -0.324 e. The fourth-order valence-electron chi connectivity index (χ4n) is 4.13. The predicted octanol–water partition coefficient (Wildman–Crippen LogP) is 4.45. The number of carbonyl (C=O) groups is 1. The molecule has 5 rings (SSSR count). The van der Waals surface area contributed by atoms with E-state index in [-0.39, 0.29) is 11.5 Å². The van der Waals surface area contributed by atoms with Gasteiger partial charge in [-0.2, -0.15) is 0 Å². The van der Waals surface area contributed by atoms with E-state index in [0.717, 1.165) is 53.4 Å². The van der Waals surface area contributed by atoms with Crippen LogP contribution in [-0.2, 0) is 12.8 Å². The van der Waals surface area contributed by atoms with E-state index < -0.39 is 0 Å². The summed E-state index contributed by atoms with van der Waals surface area (Å²) in [6.07, 6.45) is 7.89. The predicted molar refractivity (Wildman–Crippen MR) is 115 cm³/mol. The largest absolute Gasteiger partial charge is 0.324 e. The number of hydrogen-bond acceptors (Lipinski definition) is 2. The van der Waals surface area contributed by atoms with Crippen molar-refractivity contribution in [1.82, 2.24) is 9.55 Å². The van der Waals surface area contributed by atoms with Gasteiger partial charge in [0.1, 0.15) is 0 Å². The van der Waals surface area contributed by atoms with Gasteiger partial charge in [-0.05, 0) is 79.8 Å². The Labute approximate surface area is 168 Å². The lowest BCUT2D eigenvalue weighted by Crippen LogP contribution is -2.19. The van der Waals surface area contributed by atoms with Crippen LogP contribution in [0.5, 0.6) is 0 Å². The molecule has 2 heterocycles. The van der Waals surface area contributed by atoms with Crippen LogP contribution in [-0.4, -0.2) is 15.5 Å². The summed E-state index contributed by atoms with van der Waals surface area (Å²) in [4.78, 5) is 28.1. The Kier molecular flexibility index (Phi) is 4.28. The maximum atomic E-state index is 12.7. The second-order valence-corrected chi connectivity index (χ2v) is 7.47. The molecule has 2 N–H and O–H groups in total. The van der Waals surface area contributed by atoms with Crippen LogP contribution in [0.3, 0.4) is 0 Å². The van der Waals surface area contributed by atoms with E-state index in [1.165, 1.54) is 0 Å². The first-order valence-electron chi connectivity index (χ1n) is 9.91. The Balaban J connectivity index is 1.41. The number of benzene rings is 2. The number of carbonyl (C=O) groups excluding carboxylic acids is 1. The maximum absolute atomic E-state index is 12.7. The summed E-state index contributed by atoms with van der Waals surface area (Å²) in [5, 5.41) is 4.01. The minimum atomic E-state index is -0.177. The Morgan fingerprint density at radius 3 is 2.41 bits per heavy atom. The molecule has 0 atom stereocenters. The van der Waals surface area contributed by atoms with Gasteiger partial charge in [0.25, 0.3) is 11.5 Å². The summed E-state index contributed by atoms with van der Waals surface area (Å²) >= 11 is 0. The molecule has 5 heteroatoms. The molecule has 2 aromatic heterocycles. The van der Waals surface area contributed by atoms with Gasteiger partial charge >= 0.3 is 0 Å². The third-order valence-electron chi connectivity index (χ3n) is 5.62. The van der Waals surface area contributed by atoms with Crippen LogP contribution < -0.4 is 10.9 Å². The summed E-state index contributed by atoms with van der Waals surface area (Å²) in [6.45, 7) is 0. The number of H-pyrrole nitrogens is 1. The van der Waals surface area contributed by atoms with Gasteiger partial charge in [-0.3, -0.25) is 9.59 Å². The van der Waals surface area contributed by atoms with Crippen molar-refractivity contribution in [3.63, 3.8) is 0 Å². The number of fused-ring (bicyclic) bond motifs is 3. The molecule has 0 unspecified atom stereocenters. The summed E-state index contributed by atoms with van der Waals surface area (Å²) in [5.41, 5.74) is 5.10. The van der Waals surface area contributed by atoms with Crippen molar-refractivity contribution in [2.75, 3.05) is 5.32 Å². The fourth-order valence-corrected chi connectivity index (χ4v) is 4.13. The Hall–Kier alpha value is -3.60. The highest BCUT2D eigenvalue weighted by molar-refractivity contribution is 6.05. The zero-order valence-corrected chi connectivity index (χ0v) is 15.9. The number of anilines is 1. The molecule has 1 amide bonds. The van der Waals surface area contributed by atoms with Crippen LogP contribution in [0.15, 0.2) is 71.8 Å². The number of aromatic amines is 1. The lowest BCUT2D eigenvalue weighted by Gasteiger charge is -2.17. The highest BCUT2D eigenvalue weighted by Crippen LogP contribution is 2.27. The van der Waals surface area contributed by atoms with E-state index in [9.17, 15) is 9.59 Å². The molecule has 29 heavy (non-hydrogen) atoms. The number of hydrogen-bond donors (Lipinski definition) is 2. The third-order valence-corrected chi connectivity index (χ3v) is 5.62. The molecular formula is C24H21N3O2. The van der Waals surface area contributed by atoms with Gasteiger partial charge < -0.3 is 14.9 Å². The first kappa shape index (κ1) is 17.5. The van der Waals surface area contributed by atoms with Gasteiger partial charge in [0.15, 0.2) is 0 Å². The van der Waals surface area contributed by atoms with Crippen LogP contribution >= 0.6 is 0 Å². The van der Waals surface area contributed by atoms with Crippen LogP contribution in [0.1, 0.15) is 34.3 Å². The second-order valence-electron chi connectivity index (χ2n) is 7.47. The van der Waals surface area contributed by atoms with Crippen molar-refractivity contribution in [2.24, 2.45) is 0 Å². The van der Waals surface area contributed by atoms with Gasteiger partial charge in [0.05, 0.1) is 5.52 Å². The topological polar surface area (TPSA) is 66.9 Å². The zero-order chi connectivity index (χ0) is 19.8. The Morgan fingerprint density at radius 1 is 0.931 bits per heavy atom. The van der Waals surface area contributed by atoms with E-state index >= 15 is 0 Å². The molecular weight excluding hydrogens is 362 g/mol. The van der Waals surface area contributed by atoms with E-state index in [4.69, 9.17) is 0 Å². The van der Waals surface area contributed by atoms with Crippen molar-refractivity contribution < 1.29 is 4.79 Å². The number of rotatable bonds is 3. The standard InChI is InChI=1S/C24H21N3O2/c28-23(16-7-10-18(11-8-16)27-13-3-4-14-27)25-17-9-12-20-19-5-1-2-6-21(19)24(29)26-22(20)15-17/h3-4,7-15H,1-2,5-6H2,(H,25,28)(H,26,29). The highest BCUT2D eigenvalue weighted by atomic mass is 16.1. The van der Waals surface area contributed by atoms with E-state index in [0.29, 0.717) is 11.3 Å². The molecule has 0 spiro atoms. The average Bonchev–Trinajstić information content (AvgIpc) is 3.29. The van der Waals surface area contributed by atoms with Crippen molar-refractivity contribution in [3.8, 4) is 5.69 Å². The van der Waals surface area contributed by atoms with Gasteiger partial charge in [-0.1, -0.05) is 6.07 Å². The van der Waals surface area contributed by atoms with Gasteiger partial charge in [0.2, 0.25) is 0 Å². The van der Waals surface area contributed by atoms with Crippen LogP contribution in [0.4, 0.5) is 5.69 Å². The number of pyridine rings is 1. The van der Waals surface area contributed by atoms with Crippen LogP contribution in [0.2, 0.25) is 0 Å². The lowest BCUT2D eigenvalue weighted by molar-refractivity contribution is 0.102. The smallest absolute Gasteiger partial charge is 0.255 e. The summed E-state index contributed by atoms with van der Waals surface area (Å²) < 4.78 is 1.99. The molecule has 0 saturated heterocycles. The molecule has 144 valence electrons. The fraction of sp³-hybridized carbons (Fsp3) is 0.167. The van der Waals surface area contributed by atoms with Gasteiger partial charge in [-0.15, -0.1) is 0 Å². The Bertz CT molecular complexity index is 1250. The zero-order valence-electron chi connectivity index (χ0n) is 15.9. The maximum Gasteiger partial charge on any atom is 0.255 e. The molecule has 1 aliphatic carbocycles. The summed E-state index contributed by atoms with van der Waals surface area (Å²) in [6, 6.07) is 17.1. The molecule has 1 aliphatic rings. The van der Waals surface area contributed by atoms with Crippen molar-refractivity contribution in [3.05, 3.63) is 94.0 Å². The molecule has 0 bridgehead atoms. The quantitative estimate of drug-likeness (QED) is 0.549. The average molecular weight is 383 g/mol. The van der Waals surface area contributed by atoms with E-state index in [1.807, 2.05) is 71.6 Å². The SMILES string of the molecule is O=C(Nc1ccc2c3c(c(=O)[nH]c2c1)CCCC3)c1ccc(-n2cccc2)cc1. The number of nitrogens with zero attached hydrogens (tertiary/aromatic N) is 1. The molecule has 0 aliphatic heterocycles. The van der Waals surface area contributed by atoms with Crippen LogP contribution in [0.25, 0.3) is 16.6 Å². The molecule has 0 radical (unpaired) electrons. The van der Waals surface area contributed by atoms with E-state index in [2.05, 4.69) is 10.3 Å². The van der Waals surface area contributed by atoms with Crippen molar-refractivity contribution in [2.45, 2.75) is 25.7 Å². The molecule has 2 aromatic carbocycles. The van der Waals surface area contributed by atoms with Gasteiger partial charge in [0, 0.05) is 40.3 Å². The van der Waals surface area contributed by atoms with Crippen molar-refractivity contribution >= 4 is 22.5 Å². The Morgan fingerprint density at radius 2 is 1.66 bits per heavy atom. The lowest BCUT2D eigenvalue weighted by atomic mass is 9.90. The summed E-state index contributed by atoms with van der Waals surface area (Å²) in [7, 11) is 0.